The summed E-state index contributed by atoms with van der Waals surface area (Å²) in [4.78, 5) is 17.5. The number of amides is 1. The van der Waals surface area contributed by atoms with Crippen molar-refractivity contribution in [3.8, 4) is 16.3 Å². The molecular formula is C23H15Cl3N4OS. The van der Waals surface area contributed by atoms with Gasteiger partial charge in [-0.15, -0.1) is 11.3 Å². The van der Waals surface area contributed by atoms with E-state index in [1.165, 1.54) is 16.0 Å². The molecule has 0 fully saturated rings. The number of aromatic nitrogens is 2. The van der Waals surface area contributed by atoms with Crippen molar-refractivity contribution in [2.45, 2.75) is 13.0 Å². The van der Waals surface area contributed by atoms with E-state index in [2.05, 4.69) is 15.3 Å². The highest BCUT2D eigenvalue weighted by Crippen LogP contribution is 2.41. The van der Waals surface area contributed by atoms with Gasteiger partial charge < -0.3 is 5.32 Å². The number of hydrogen-bond acceptors (Lipinski definition) is 3. The van der Waals surface area contributed by atoms with Crippen LogP contribution in [0.5, 0.6) is 0 Å². The predicted octanol–water partition coefficient (Wildman–Crippen LogP) is 7.60. The maximum atomic E-state index is 13.2. The van der Waals surface area contributed by atoms with Crippen molar-refractivity contribution >= 4 is 57.7 Å². The third-order valence-electron chi connectivity index (χ3n) is 4.78. The average molecular weight is 502 g/mol. The van der Waals surface area contributed by atoms with Crippen LogP contribution < -0.4 is 5.32 Å². The van der Waals surface area contributed by atoms with E-state index < -0.39 is 5.91 Å². The summed E-state index contributed by atoms with van der Waals surface area (Å²) in [5.41, 5.74) is 2.01. The molecular weight excluding hydrogens is 487 g/mol. The molecule has 0 aliphatic heterocycles. The number of benzene rings is 2. The fourth-order valence-corrected chi connectivity index (χ4v) is 4.81. The first-order valence-corrected chi connectivity index (χ1v) is 11.4. The third-order valence-corrected chi connectivity index (χ3v) is 6.55. The van der Waals surface area contributed by atoms with Crippen molar-refractivity contribution in [1.82, 2.24) is 15.1 Å². The Balaban J connectivity index is 1.84. The van der Waals surface area contributed by atoms with Crippen LogP contribution in [0.3, 0.4) is 0 Å². The maximum absolute atomic E-state index is 13.2. The van der Waals surface area contributed by atoms with Crippen LogP contribution in [0.15, 0.2) is 60.7 Å². The first kappa shape index (κ1) is 22.4. The minimum Gasteiger partial charge on any atom is -0.345 e. The highest BCUT2D eigenvalue weighted by molar-refractivity contribution is 7.19. The summed E-state index contributed by atoms with van der Waals surface area (Å²) < 4.78 is 2.05. The Bertz CT molecular complexity index is 1340. The van der Waals surface area contributed by atoms with Gasteiger partial charge in [0.1, 0.15) is 0 Å². The highest BCUT2D eigenvalue weighted by Gasteiger charge is 2.27. The molecule has 1 amide bonds. The number of thiophene rings is 1. The zero-order valence-corrected chi connectivity index (χ0v) is 19.7. The molecule has 0 aliphatic rings. The van der Waals surface area contributed by atoms with Gasteiger partial charge in [-0.2, -0.15) is 5.10 Å². The molecule has 0 saturated heterocycles. The van der Waals surface area contributed by atoms with Gasteiger partial charge in [-0.3, -0.25) is 4.79 Å². The molecule has 0 saturated carbocycles. The lowest BCUT2D eigenvalue weighted by Crippen LogP contribution is -2.27. The lowest BCUT2D eigenvalue weighted by Gasteiger charge is -2.13. The molecule has 0 bridgehead atoms. The summed E-state index contributed by atoms with van der Waals surface area (Å²) in [7, 11) is 0. The third kappa shape index (κ3) is 4.38. The Labute approximate surface area is 204 Å². The van der Waals surface area contributed by atoms with Crippen LogP contribution >= 0.6 is 46.1 Å². The highest BCUT2D eigenvalue weighted by atomic mass is 35.5. The smallest absolute Gasteiger partial charge is 0.261 e. The van der Waals surface area contributed by atoms with Crippen molar-refractivity contribution in [1.29, 1.82) is 0 Å². The molecule has 2 aromatic carbocycles. The van der Waals surface area contributed by atoms with E-state index in [1.807, 2.05) is 37.3 Å². The zero-order valence-electron chi connectivity index (χ0n) is 16.6. The van der Waals surface area contributed by atoms with E-state index >= 15 is 0 Å². The second kappa shape index (κ2) is 9.35. The van der Waals surface area contributed by atoms with E-state index in [4.69, 9.17) is 41.4 Å². The molecule has 0 spiro atoms. The predicted molar refractivity (Wildman–Crippen MR) is 130 cm³/mol. The summed E-state index contributed by atoms with van der Waals surface area (Å²) in [6, 6.07) is 17.7. The van der Waals surface area contributed by atoms with Crippen molar-refractivity contribution in [3.63, 3.8) is 0 Å². The molecule has 0 unspecified atom stereocenters. The quantitative estimate of drug-likeness (QED) is 0.286. The van der Waals surface area contributed by atoms with Crippen LogP contribution in [0.25, 0.3) is 21.1 Å². The molecule has 5 nitrogen and oxygen atoms in total. The van der Waals surface area contributed by atoms with E-state index in [1.54, 1.807) is 30.3 Å². The number of rotatable bonds is 5. The second-order valence-electron chi connectivity index (χ2n) is 6.87. The Morgan fingerprint density at radius 2 is 1.88 bits per heavy atom. The molecule has 9 heteroatoms. The zero-order chi connectivity index (χ0) is 22.8. The number of halogens is 3. The van der Waals surface area contributed by atoms with Gasteiger partial charge in [-0.25, -0.2) is 9.53 Å². The number of carbonyl (C=O) groups excluding carboxylic acids is 1. The van der Waals surface area contributed by atoms with Crippen LogP contribution in [-0.4, -0.2) is 15.7 Å². The topological polar surface area (TPSA) is 51.3 Å². The fourth-order valence-electron chi connectivity index (χ4n) is 3.25. The average Bonchev–Trinajstić information content (AvgIpc) is 3.37. The Morgan fingerprint density at radius 3 is 2.50 bits per heavy atom. The van der Waals surface area contributed by atoms with E-state index in [-0.39, 0.29) is 17.4 Å². The molecule has 2 aromatic heterocycles. The SMILES string of the molecule is [C-]#[N+]c1c(C(=O)N[C@@H](C)c2ccccc2)nn(-c2ccc(Cl)cc2Cl)c1-c1ccc(Cl)s1. The van der Waals surface area contributed by atoms with Crippen LogP contribution in [0.4, 0.5) is 5.69 Å². The lowest BCUT2D eigenvalue weighted by molar-refractivity contribution is 0.0935. The molecule has 1 N–H and O–H groups in total. The minimum absolute atomic E-state index is 0.00770. The van der Waals surface area contributed by atoms with Gasteiger partial charge in [-0.1, -0.05) is 65.1 Å². The number of carbonyl (C=O) groups is 1. The van der Waals surface area contributed by atoms with E-state index in [0.717, 1.165) is 5.56 Å². The molecule has 4 aromatic rings. The van der Waals surface area contributed by atoms with Crippen molar-refractivity contribution in [3.05, 3.63) is 97.7 Å². The van der Waals surface area contributed by atoms with Crippen molar-refractivity contribution in [2.24, 2.45) is 0 Å². The summed E-state index contributed by atoms with van der Waals surface area (Å²) in [5.74, 6) is -0.458. The second-order valence-corrected chi connectivity index (χ2v) is 9.43. The Morgan fingerprint density at radius 1 is 1.12 bits per heavy atom. The van der Waals surface area contributed by atoms with Crippen molar-refractivity contribution in [2.75, 3.05) is 0 Å². The normalized spacial score (nSPS) is 11.7. The van der Waals surface area contributed by atoms with Crippen LogP contribution in [0.2, 0.25) is 14.4 Å². The van der Waals surface area contributed by atoms with Gasteiger partial charge >= 0.3 is 0 Å². The lowest BCUT2D eigenvalue weighted by atomic mass is 10.1. The standard InChI is InChI=1S/C23H15Cl3N4OS/c1-13(14-6-4-3-5-7-14)28-23(31)21-20(27-2)22(18-10-11-19(26)32-18)30(29-21)17-9-8-15(24)12-16(17)25/h3-13H,1H3,(H,28,31)/t13-/m0/s1. The molecule has 2 heterocycles. The van der Waals surface area contributed by atoms with Crippen LogP contribution in [-0.2, 0) is 0 Å². The monoisotopic (exact) mass is 500 g/mol. The van der Waals surface area contributed by atoms with E-state index in [9.17, 15) is 4.79 Å². The summed E-state index contributed by atoms with van der Waals surface area (Å²) in [6.45, 7) is 9.67. The van der Waals surface area contributed by atoms with Gasteiger partial charge in [-0.05, 0) is 42.8 Å². The van der Waals surface area contributed by atoms with E-state index in [0.29, 0.717) is 30.6 Å². The van der Waals surface area contributed by atoms with Crippen molar-refractivity contribution < 1.29 is 4.79 Å². The van der Waals surface area contributed by atoms with Crippen LogP contribution in [0, 0.1) is 6.57 Å². The molecule has 0 radical (unpaired) electrons. The van der Waals surface area contributed by atoms with Gasteiger partial charge in [0, 0.05) is 9.90 Å². The Hall–Kier alpha value is -2.82. The number of nitrogens with one attached hydrogen (secondary N) is 1. The molecule has 160 valence electrons. The largest absolute Gasteiger partial charge is 0.345 e. The minimum atomic E-state index is -0.458. The molecule has 4 rings (SSSR count). The fraction of sp³-hybridized carbons (Fsp3) is 0.0870. The molecule has 0 aliphatic carbocycles. The molecule has 1 atom stereocenters. The van der Waals surface area contributed by atoms with Gasteiger partial charge in [0.25, 0.3) is 5.91 Å². The summed E-state index contributed by atoms with van der Waals surface area (Å²) in [5, 5.41) is 8.23. The van der Waals surface area contributed by atoms with Gasteiger partial charge in [0.05, 0.1) is 33.4 Å². The summed E-state index contributed by atoms with van der Waals surface area (Å²) >= 11 is 19.9. The van der Waals surface area contributed by atoms with Crippen LogP contribution in [0.1, 0.15) is 29.0 Å². The van der Waals surface area contributed by atoms with Gasteiger partial charge in [0.2, 0.25) is 5.69 Å². The van der Waals surface area contributed by atoms with Gasteiger partial charge in [0.15, 0.2) is 5.69 Å². The Kier molecular flexibility index (Phi) is 6.54. The first-order valence-electron chi connectivity index (χ1n) is 9.46. The maximum Gasteiger partial charge on any atom is 0.261 e. The number of nitrogens with zero attached hydrogens (tertiary/aromatic N) is 3. The summed E-state index contributed by atoms with van der Waals surface area (Å²) in [6.07, 6.45) is 0. The number of hydrogen-bond donors (Lipinski definition) is 1. The first-order chi connectivity index (χ1) is 15.4. The molecule has 32 heavy (non-hydrogen) atoms.